The quantitative estimate of drug-likeness (QED) is 0.738. The monoisotopic (exact) mass is 292 g/mol. The minimum atomic E-state index is -3.45. The van der Waals surface area contributed by atoms with Gasteiger partial charge in [0.1, 0.15) is 0 Å². The second-order valence-electron chi connectivity index (χ2n) is 6.34. The van der Waals surface area contributed by atoms with Crippen molar-refractivity contribution in [1.82, 2.24) is 0 Å². The van der Waals surface area contributed by atoms with E-state index in [1.165, 1.54) is 7.11 Å². The second-order valence-corrected chi connectivity index (χ2v) is 8.89. The SMILES string of the molecule is COC(=O)CC(C)S(=O)(=O)C1CC(C)(C)OC1(C)C. The van der Waals surface area contributed by atoms with Crippen molar-refractivity contribution in [3.05, 3.63) is 0 Å². The van der Waals surface area contributed by atoms with Crippen LogP contribution in [0.1, 0.15) is 47.5 Å². The predicted molar refractivity (Wildman–Crippen MR) is 72.7 cm³/mol. The molecule has 2 unspecified atom stereocenters. The summed E-state index contributed by atoms with van der Waals surface area (Å²) < 4.78 is 35.6. The van der Waals surface area contributed by atoms with Gasteiger partial charge in [-0.1, -0.05) is 0 Å². The Morgan fingerprint density at radius 2 is 1.89 bits per heavy atom. The minimum absolute atomic E-state index is 0.119. The molecular formula is C13H24O5S. The third-order valence-corrected chi connectivity index (χ3v) is 6.45. The van der Waals surface area contributed by atoms with Crippen molar-refractivity contribution in [2.75, 3.05) is 7.11 Å². The lowest BCUT2D eigenvalue weighted by molar-refractivity contribution is -0.140. The summed E-state index contributed by atoms with van der Waals surface area (Å²) in [5.74, 6) is -0.507. The third-order valence-electron chi connectivity index (χ3n) is 3.63. The largest absolute Gasteiger partial charge is 0.469 e. The second kappa shape index (κ2) is 5.05. The summed E-state index contributed by atoms with van der Waals surface area (Å²) in [7, 11) is -2.19. The summed E-state index contributed by atoms with van der Waals surface area (Å²) in [4.78, 5) is 11.3. The number of ether oxygens (including phenoxy) is 2. The number of hydrogen-bond donors (Lipinski definition) is 0. The average molecular weight is 292 g/mol. The Labute approximate surface area is 115 Å². The Morgan fingerprint density at radius 3 is 2.26 bits per heavy atom. The Morgan fingerprint density at radius 1 is 1.37 bits per heavy atom. The minimum Gasteiger partial charge on any atom is -0.469 e. The highest BCUT2D eigenvalue weighted by Gasteiger charge is 2.53. The van der Waals surface area contributed by atoms with Crippen LogP contribution in [0.4, 0.5) is 0 Å². The van der Waals surface area contributed by atoms with E-state index in [0.29, 0.717) is 6.42 Å². The van der Waals surface area contributed by atoms with Gasteiger partial charge in [0.2, 0.25) is 0 Å². The smallest absolute Gasteiger partial charge is 0.306 e. The first-order valence-corrected chi connectivity index (χ1v) is 8.03. The molecule has 1 aliphatic rings. The molecule has 0 aliphatic carbocycles. The van der Waals surface area contributed by atoms with Crippen molar-refractivity contribution < 1.29 is 22.7 Å². The van der Waals surface area contributed by atoms with Crippen LogP contribution in [0.15, 0.2) is 0 Å². The third kappa shape index (κ3) is 3.48. The number of methoxy groups -OCH3 is 1. The Balaban J connectivity index is 2.98. The number of carbonyl (C=O) groups excluding carboxylic acids is 1. The molecule has 6 heteroatoms. The Kier molecular flexibility index (Phi) is 4.37. The summed E-state index contributed by atoms with van der Waals surface area (Å²) in [6.45, 7) is 8.89. The number of esters is 1. The van der Waals surface area contributed by atoms with Gasteiger partial charge in [-0.3, -0.25) is 4.79 Å². The highest BCUT2D eigenvalue weighted by molar-refractivity contribution is 7.92. The molecule has 0 amide bonds. The van der Waals surface area contributed by atoms with Gasteiger partial charge >= 0.3 is 5.97 Å². The molecule has 0 radical (unpaired) electrons. The number of sulfone groups is 1. The highest BCUT2D eigenvalue weighted by atomic mass is 32.2. The van der Waals surface area contributed by atoms with E-state index in [0.717, 1.165) is 0 Å². The van der Waals surface area contributed by atoms with E-state index in [1.54, 1.807) is 20.8 Å². The Bertz CT molecular complexity index is 450. The number of hydrogen-bond acceptors (Lipinski definition) is 5. The van der Waals surface area contributed by atoms with Gasteiger partial charge in [-0.2, -0.15) is 0 Å². The lowest BCUT2D eigenvalue weighted by atomic mass is 10.0. The van der Waals surface area contributed by atoms with E-state index in [4.69, 9.17) is 4.74 Å². The molecule has 5 nitrogen and oxygen atoms in total. The zero-order valence-electron chi connectivity index (χ0n) is 12.5. The first-order valence-electron chi connectivity index (χ1n) is 6.42. The van der Waals surface area contributed by atoms with Gasteiger partial charge in [-0.25, -0.2) is 8.42 Å². The summed E-state index contributed by atoms with van der Waals surface area (Å²) in [5.41, 5.74) is -1.21. The molecule has 0 saturated carbocycles. The summed E-state index contributed by atoms with van der Waals surface area (Å²) in [6, 6.07) is 0. The molecular weight excluding hydrogens is 268 g/mol. The maximum atomic E-state index is 12.6. The summed E-state index contributed by atoms with van der Waals surface area (Å²) in [6.07, 6.45) is 0.319. The topological polar surface area (TPSA) is 69.7 Å². The van der Waals surface area contributed by atoms with Crippen molar-refractivity contribution in [2.24, 2.45) is 0 Å². The van der Waals surface area contributed by atoms with Gasteiger partial charge in [0, 0.05) is 0 Å². The maximum absolute atomic E-state index is 12.6. The van der Waals surface area contributed by atoms with Gasteiger partial charge in [0.25, 0.3) is 0 Å². The van der Waals surface area contributed by atoms with E-state index < -0.39 is 37.5 Å². The van der Waals surface area contributed by atoms with Crippen molar-refractivity contribution in [3.8, 4) is 0 Å². The molecule has 19 heavy (non-hydrogen) atoms. The van der Waals surface area contributed by atoms with Crippen molar-refractivity contribution in [3.63, 3.8) is 0 Å². The van der Waals surface area contributed by atoms with Crippen LogP contribution < -0.4 is 0 Å². The highest BCUT2D eigenvalue weighted by Crippen LogP contribution is 2.42. The van der Waals surface area contributed by atoms with Crippen LogP contribution in [0.3, 0.4) is 0 Å². The van der Waals surface area contributed by atoms with Crippen LogP contribution in [0.25, 0.3) is 0 Å². The molecule has 1 aliphatic heterocycles. The first-order chi connectivity index (χ1) is 8.42. The molecule has 2 atom stereocenters. The molecule has 112 valence electrons. The average Bonchev–Trinajstić information content (AvgIpc) is 2.46. The molecule has 1 fully saturated rings. The molecule has 0 aromatic heterocycles. The molecule has 1 heterocycles. The van der Waals surface area contributed by atoms with Crippen LogP contribution >= 0.6 is 0 Å². The first kappa shape index (κ1) is 16.4. The lowest BCUT2D eigenvalue weighted by Gasteiger charge is -2.28. The number of carbonyl (C=O) groups is 1. The fourth-order valence-corrected chi connectivity index (χ4v) is 5.14. The molecule has 1 rings (SSSR count). The van der Waals surface area contributed by atoms with Gasteiger partial charge < -0.3 is 9.47 Å². The van der Waals surface area contributed by atoms with Crippen LogP contribution in [-0.2, 0) is 24.1 Å². The molecule has 0 aromatic carbocycles. The van der Waals surface area contributed by atoms with E-state index in [-0.39, 0.29) is 6.42 Å². The van der Waals surface area contributed by atoms with E-state index in [1.807, 2.05) is 13.8 Å². The van der Waals surface area contributed by atoms with Crippen molar-refractivity contribution >= 4 is 15.8 Å². The summed E-state index contributed by atoms with van der Waals surface area (Å²) >= 11 is 0. The van der Waals surface area contributed by atoms with E-state index >= 15 is 0 Å². The normalized spacial score (nSPS) is 26.9. The molecule has 0 aromatic rings. The van der Waals surface area contributed by atoms with Gasteiger partial charge in [-0.05, 0) is 41.0 Å². The fraction of sp³-hybridized carbons (Fsp3) is 0.923. The summed E-state index contributed by atoms with van der Waals surface area (Å²) in [5, 5.41) is -1.36. The number of rotatable bonds is 4. The van der Waals surface area contributed by atoms with Crippen LogP contribution in [0, 0.1) is 0 Å². The fourth-order valence-electron chi connectivity index (χ4n) is 2.74. The van der Waals surface area contributed by atoms with Crippen LogP contribution in [-0.4, -0.2) is 43.2 Å². The van der Waals surface area contributed by atoms with Gasteiger partial charge in [-0.15, -0.1) is 0 Å². The van der Waals surface area contributed by atoms with Crippen molar-refractivity contribution in [1.29, 1.82) is 0 Å². The van der Waals surface area contributed by atoms with Crippen LogP contribution in [0.5, 0.6) is 0 Å². The van der Waals surface area contributed by atoms with Crippen molar-refractivity contribution in [2.45, 2.75) is 69.2 Å². The molecule has 0 spiro atoms. The van der Waals surface area contributed by atoms with E-state index in [9.17, 15) is 13.2 Å². The zero-order valence-corrected chi connectivity index (χ0v) is 13.3. The van der Waals surface area contributed by atoms with Gasteiger partial charge in [0.15, 0.2) is 9.84 Å². The Hall–Kier alpha value is -0.620. The van der Waals surface area contributed by atoms with Crippen LogP contribution in [0.2, 0.25) is 0 Å². The maximum Gasteiger partial charge on any atom is 0.306 e. The molecule has 0 N–H and O–H groups in total. The van der Waals surface area contributed by atoms with Gasteiger partial charge in [0.05, 0.1) is 35.2 Å². The van der Waals surface area contributed by atoms with E-state index in [2.05, 4.69) is 4.74 Å². The lowest BCUT2D eigenvalue weighted by Crippen LogP contribution is -2.43. The molecule has 1 saturated heterocycles. The molecule has 0 bridgehead atoms. The zero-order chi connectivity index (χ0) is 15.1. The standard InChI is InChI=1S/C13H24O5S/c1-9(7-11(14)17-6)19(15,16)10-8-12(2,3)18-13(10,4)5/h9-10H,7-8H2,1-6H3. The predicted octanol–water partition coefficient (Wildman–Crippen LogP) is 1.70.